The fraction of sp³-hybridized carbons (Fsp3) is 1.00. The van der Waals surface area contributed by atoms with E-state index in [1.807, 2.05) is 0 Å². The molecule has 0 rings (SSSR count). The molecule has 16 heavy (non-hydrogen) atoms. The van der Waals surface area contributed by atoms with Gasteiger partial charge in [-0.15, -0.1) is 0 Å². The maximum atomic E-state index is 9.28. The summed E-state index contributed by atoms with van der Waals surface area (Å²) in [7, 11) is 11.3. The number of nitrogens with zero attached hydrogens (tertiary/aromatic N) is 3. The third kappa shape index (κ3) is 8.55. The summed E-state index contributed by atoms with van der Waals surface area (Å²) in [6, 6.07) is 0. The molecular weight excluding hydrogens is 333 g/mol. The number of hydrogen-bond donors (Lipinski definition) is 1. The quantitative estimate of drug-likeness (QED) is 0.296. The van der Waals surface area contributed by atoms with Crippen molar-refractivity contribution in [3.63, 3.8) is 0 Å². The van der Waals surface area contributed by atoms with Gasteiger partial charge in [-0.2, -0.15) is 0 Å². The van der Waals surface area contributed by atoms with Crippen LogP contribution >= 0.6 is 0 Å². The van der Waals surface area contributed by atoms with Crippen molar-refractivity contribution in [2.24, 2.45) is 0 Å². The molecule has 0 aliphatic carbocycles. The van der Waals surface area contributed by atoms with Crippen LogP contribution in [0.15, 0.2) is 0 Å². The summed E-state index contributed by atoms with van der Waals surface area (Å²) in [5, 5.41) is 9.28. The number of hydrogen-bond acceptors (Lipinski definition) is 5. The predicted molar refractivity (Wildman–Crippen MR) is 48.4 cm³/mol. The maximum absolute atomic E-state index is 9.28. The van der Waals surface area contributed by atoms with Gasteiger partial charge >= 0.3 is 107 Å². The molecule has 0 aromatic heterocycles. The zero-order valence-corrected chi connectivity index (χ0v) is 13.0. The van der Waals surface area contributed by atoms with Gasteiger partial charge in [0.25, 0.3) is 0 Å². The molecule has 0 radical (unpaired) electrons. The van der Waals surface area contributed by atoms with E-state index in [0.717, 1.165) is 0 Å². The first-order chi connectivity index (χ1) is 6.97. The van der Waals surface area contributed by atoms with Gasteiger partial charge in [0, 0.05) is 0 Å². The molecule has 0 atom stereocenters. The van der Waals surface area contributed by atoms with Gasteiger partial charge in [-0.25, -0.2) is 0 Å². The Hall–Kier alpha value is 0.410. The van der Waals surface area contributed by atoms with Crippen LogP contribution in [-0.2, 0) is 16.1 Å². The Kier molecular flexibility index (Phi) is 5.99. The van der Waals surface area contributed by atoms with Gasteiger partial charge in [0.05, 0.1) is 0 Å². The molecule has 9 heteroatoms. The molecule has 0 aromatic rings. The Morgan fingerprint density at radius 2 is 1.38 bits per heavy atom. The minimum atomic E-state index is -1.11. The van der Waals surface area contributed by atoms with E-state index in [2.05, 4.69) is 0 Å². The van der Waals surface area contributed by atoms with E-state index in [-0.39, 0.29) is 9.62 Å². The standard InChI is InChI=1S/C7H22IN3O5/c1-9(2,12)14-8-15-11(5,6)16-10(3,4)13-7/h12H,1-7H3/q+2. The molecule has 0 saturated carbocycles. The topological polar surface area (TPSA) is 57.2 Å². The van der Waals surface area contributed by atoms with E-state index in [4.69, 9.17) is 16.1 Å². The number of halogens is 1. The van der Waals surface area contributed by atoms with E-state index in [0.29, 0.717) is 0 Å². The molecule has 0 heterocycles. The van der Waals surface area contributed by atoms with Crippen molar-refractivity contribution in [3.05, 3.63) is 0 Å². The van der Waals surface area contributed by atoms with Gasteiger partial charge in [0.1, 0.15) is 0 Å². The monoisotopic (exact) mass is 355 g/mol. The molecule has 100 valence electrons. The van der Waals surface area contributed by atoms with Crippen LogP contribution in [-0.4, -0.2) is 69.0 Å². The van der Waals surface area contributed by atoms with E-state index in [1.165, 1.54) is 21.2 Å². The van der Waals surface area contributed by atoms with Gasteiger partial charge < -0.3 is 0 Å². The Morgan fingerprint density at radius 3 is 1.75 bits per heavy atom. The molecular formula is C7H22IN3O5+2. The van der Waals surface area contributed by atoms with Crippen LogP contribution in [0.1, 0.15) is 0 Å². The van der Waals surface area contributed by atoms with Crippen molar-refractivity contribution in [1.29, 1.82) is 0 Å². The van der Waals surface area contributed by atoms with Gasteiger partial charge in [0.15, 0.2) is 0 Å². The summed E-state index contributed by atoms with van der Waals surface area (Å²) in [6.45, 7) is 0. The fourth-order valence-corrected chi connectivity index (χ4v) is 1.59. The molecule has 0 aliphatic rings. The van der Waals surface area contributed by atoms with Crippen LogP contribution in [0.25, 0.3) is 0 Å². The van der Waals surface area contributed by atoms with Gasteiger partial charge in [-0.1, -0.05) is 0 Å². The summed E-state index contributed by atoms with van der Waals surface area (Å²) in [5.74, 6) is 0. The number of quaternary nitrogens is 3. The second-order valence-electron chi connectivity index (χ2n) is 4.26. The fourth-order valence-electron chi connectivity index (χ4n) is 0.669. The van der Waals surface area contributed by atoms with Crippen LogP contribution in [0.2, 0.25) is 0 Å². The summed E-state index contributed by atoms with van der Waals surface area (Å²) in [6.07, 6.45) is 0. The van der Waals surface area contributed by atoms with Crippen molar-refractivity contribution in [2.75, 3.05) is 49.4 Å². The van der Waals surface area contributed by atoms with Crippen LogP contribution in [0, 0.1) is 0 Å². The zero-order chi connectivity index (χ0) is 13.0. The molecule has 8 nitrogen and oxygen atoms in total. The van der Waals surface area contributed by atoms with Crippen molar-refractivity contribution in [2.45, 2.75) is 0 Å². The zero-order valence-electron chi connectivity index (χ0n) is 10.8. The average Bonchev–Trinajstić information content (AvgIpc) is 1.99. The van der Waals surface area contributed by atoms with Crippen LogP contribution < -0.4 is 22.0 Å². The molecule has 0 spiro atoms. The SMILES string of the molecule is CO[N+](C)(C)O[N+](C)(C)O[I-]O[N+](C)(C)O. The molecule has 0 amide bonds. The molecule has 0 fully saturated rings. The Labute approximate surface area is 107 Å². The van der Waals surface area contributed by atoms with Crippen molar-refractivity contribution in [3.8, 4) is 0 Å². The molecule has 1 N–H and O–H groups in total. The van der Waals surface area contributed by atoms with Crippen molar-refractivity contribution < 1.29 is 57.8 Å². The van der Waals surface area contributed by atoms with Crippen LogP contribution in [0.3, 0.4) is 0 Å². The van der Waals surface area contributed by atoms with E-state index >= 15 is 0 Å². The molecule has 0 saturated heterocycles. The Morgan fingerprint density at radius 1 is 0.875 bits per heavy atom. The Bertz CT molecular complexity index is 219. The second kappa shape index (κ2) is 5.84. The molecule has 0 aliphatic heterocycles. The van der Waals surface area contributed by atoms with E-state index in [9.17, 15) is 5.21 Å². The Balaban J connectivity index is 4.06. The van der Waals surface area contributed by atoms with Crippen LogP contribution in [0.4, 0.5) is 0 Å². The van der Waals surface area contributed by atoms with E-state index in [1.54, 1.807) is 28.2 Å². The third-order valence-corrected chi connectivity index (χ3v) is 3.46. The first-order valence-electron chi connectivity index (χ1n) is 4.51. The second-order valence-corrected chi connectivity index (χ2v) is 5.41. The molecule has 0 aromatic carbocycles. The summed E-state index contributed by atoms with van der Waals surface area (Å²) in [5.41, 5.74) is 0. The molecule has 0 bridgehead atoms. The summed E-state index contributed by atoms with van der Waals surface area (Å²) in [4.78, 5) is 9.65. The van der Waals surface area contributed by atoms with Gasteiger partial charge in [0.2, 0.25) is 0 Å². The first kappa shape index (κ1) is 16.4. The number of rotatable bonds is 7. The summed E-state index contributed by atoms with van der Waals surface area (Å²) >= 11 is -1.11. The minimum absolute atomic E-state index is 0.117. The van der Waals surface area contributed by atoms with Crippen LogP contribution in [0.5, 0.6) is 0 Å². The van der Waals surface area contributed by atoms with Crippen molar-refractivity contribution in [1.82, 2.24) is 0 Å². The van der Waals surface area contributed by atoms with Crippen molar-refractivity contribution >= 4 is 0 Å². The van der Waals surface area contributed by atoms with E-state index < -0.39 is 26.8 Å². The van der Waals surface area contributed by atoms with Gasteiger partial charge in [-0.3, -0.25) is 0 Å². The molecule has 0 unspecified atom stereocenters. The third-order valence-electron chi connectivity index (χ3n) is 1.22. The first-order valence-corrected chi connectivity index (χ1v) is 6.27. The predicted octanol–water partition coefficient (Wildman–Crippen LogP) is -3.20. The normalized spacial score (nSPS) is 14.5. The van der Waals surface area contributed by atoms with Gasteiger partial charge in [-0.05, 0) is 0 Å². The average molecular weight is 355 g/mol. The summed E-state index contributed by atoms with van der Waals surface area (Å²) < 4.78 is 10.4. The number of hydroxylamine groups is 12.